The zero-order valence-corrected chi connectivity index (χ0v) is 3.67. The molecule has 0 fully saturated rings. The Morgan fingerprint density at radius 2 is 1.75 bits per heavy atom. The molecule has 1 N–H and O–H groups in total. The molecule has 0 unspecified atom stereocenters. The summed E-state index contributed by atoms with van der Waals surface area (Å²) in [4.78, 5) is 0. The van der Waals surface area contributed by atoms with Gasteiger partial charge in [0.1, 0.15) is 6.67 Å². The minimum atomic E-state index is -4.89. The fourth-order valence-electron chi connectivity index (χ4n) is 0.0758. The van der Waals surface area contributed by atoms with Gasteiger partial charge in [0.15, 0.2) is 0 Å². The van der Waals surface area contributed by atoms with Crippen LogP contribution in [0.4, 0.5) is 17.6 Å². The van der Waals surface area contributed by atoms with Gasteiger partial charge in [-0.1, -0.05) is 0 Å². The first-order chi connectivity index (χ1) is 3.48. The van der Waals surface area contributed by atoms with E-state index in [1.165, 1.54) is 0 Å². The van der Waals surface area contributed by atoms with Crippen molar-refractivity contribution in [2.75, 3.05) is 6.67 Å². The number of aliphatic hydroxyl groups excluding tert-OH is 1. The topological polar surface area (TPSA) is 20.2 Å². The Balaban J connectivity index is 3.62. The van der Waals surface area contributed by atoms with Gasteiger partial charge in [0.2, 0.25) is 6.10 Å². The SMILES string of the molecule is O[C](CF)C(F)(F)F. The van der Waals surface area contributed by atoms with Crippen molar-refractivity contribution in [1.82, 2.24) is 0 Å². The molecule has 49 valence electrons. The largest absolute Gasteiger partial charge is 0.423 e. The maximum atomic E-state index is 10.9. The van der Waals surface area contributed by atoms with Crippen molar-refractivity contribution in [2.45, 2.75) is 6.18 Å². The zero-order chi connectivity index (χ0) is 6.78. The summed E-state index contributed by atoms with van der Waals surface area (Å²) in [5.74, 6) is 0. The summed E-state index contributed by atoms with van der Waals surface area (Å²) in [5, 5.41) is 7.61. The third-order valence-corrected chi connectivity index (χ3v) is 0.454. The Kier molecular flexibility index (Phi) is 2.21. The monoisotopic (exact) mass is 131 g/mol. The Hall–Kier alpha value is -0.320. The lowest BCUT2D eigenvalue weighted by Gasteiger charge is -2.07. The van der Waals surface area contributed by atoms with E-state index in [-0.39, 0.29) is 0 Å². The molecule has 0 aromatic heterocycles. The molecule has 0 saturated carbocycles. The van der Waals surface area contributed by atoms with Crippen LogP contribution < -0.4 is 0 Å². The summed E-state index contributed by atoms with van der Waals surface area (Å²) in [6.45, 7) is -1.86. The van der Waals surface area contributed by atoms with E-state index in [4.69, 9.17) is 5.11 Å². The number of halogens is 4. The number of hydrogen-bond acceptors (Lipinski definition) is 1. The van der Waals surface area contributed by atoms with Crippen LogP contribution in [0.15, 0.2) is 0 Å². The van der Waals surface area contributed by atoms with Crippen LogP contribution in [-0.4, -0.2) is 18.0 Å². The van der Waals surface area contributed by atoms with Crippen LogP contribution in [0.2, 0.25) is 0 Å². The molecule has 0 atom stereocenters. The minimum absolute atomic E-state index is 1.86. The summed E-state index contributed by atoms with van der Waals surface area (Å²) in [6, 6.07) is 0. The van der Waals surface area contributed by atoms with Gasteiger partial charge in [-0.3, -0.25) is 0 Å². The highest BCUT2D eigenvalue weighted by Gasteiger charge is 2.39. The molecule has 0 aliphatic carbocycles. The van der Waals surface area contributed by atoms with Crippen LogP contribution in [-0.2, 0) is 0 Å². The summed E-state index contributed by atoms with van der Waals surface area (Å²) in [5.41, 5.74) is 0. The third-order valence-electron chi connectivity index (χ3n) is 0.454. The summed E-state index contributed by atoms with van der Waals surface area (Å²) < 4.78 is 43.6. The molecule has 0 aromatic rings. The molecule has 0 amide bonds. The highest BCUT2D eigenvalue weighted by Crippen LogP contribution is 2.25. The molecule has 0 heterocycles. The van der Waals surface area contributed by atoms with E-state index in [9.17, 15) is 17.6 Å². The van der Waals surface area contributed by atoms with Crippen molar-refractivity contribution >= 4 is 0 Å². The Morgan fingerprint density at radius 3 is 1.75 bits per heavy atom. The molecule has 1 radical (unpaired) electrons. The Labute approximate surface area is 42.9 Å². The van der Waals surface area contributed by atoms with Gasteiger partial charge in [0, 0.05) is 0 Å². The van der Waals surface area contributed by atoms with Crippen LogP contribution in [0.25, 0.3) is 0 Å². The summed E-state index contributed by atoms with van der Waals surface area (Å²) >= 11 is 0. The van der Waals surface area contributed by atoms with E-state index in [0.717, 1.165) is 0 Å². The number of aliphatic hydroxyl groups is 1. The van der Waals surface area contributed by atoms with Gasteiger partial charge >= 0.3 is 6.18 Å². The molecule has 0 saturated heterocycles. The molecular weight excluding hydrogens is 128 g/mol. The summed E-state index contributed by atoms with van der Waals surface area (Å²) in [6.07, 6.45) is -6.98. The van der Waals surface area contributed by atoms with Gasteiger partial charge in [-0.25, -0.2) is 4.39 Å². The van der Waals surface area contributed by atoms with E-state index in [0.29, 0.717) is 0 Å². The first-order valence-corrected chi connectivity index (χ1v) is 1.66. The average Bonchev–Trinajstić information content (AvgIpc) is 1.62. The fraction of sp³-hybridized carbons (Fsp3) is 0.667. The van der Waals surface area contributed by atoms with E-state index in [2.05, 4.69) is 0 Å². The quantitative estimate of drug-likeness (QED) is 0.533. The molecule has 1 nitrogen and oxygen atoms in total. The van der Waals surface area contributed by atoms with Crippen LogP contribution in [0.5, 0.6) is 0 Å². The third kappa shape index (κ3) is 2.11. The number of rotatable bonds is 1. The van der Waals surface area contributed by atoms with E-state index in [1.54, 1.807) is 0 Å². The first-order valence-electron chi connectivity index (χ1n) is 1.66. The summed E-state index contributed by atoms with van der Waals surface area (Å²) in [7, 11) is 0. The minimum Gasteiger partial charge on any atom is -0.376 e. The van der Waals surface area contributed by atoms with Gasteiger partial charge in [0.05, 0.1) is 0 Å². The molecule has 0 aliphatic rings. The van der Waals surface area contributed by atoms with Crippen molar-refractivity contribution in [2.24, 2.45) is 0 Å². The van der Waals surface area contributed by atoms with Crippen LogP contribution in [0, 0.1) is 6.10 Å². The zero-order valence-electron chi connectivity index (χ0n) is 3.67. The predicted octanol–water partition coefficient (Wildman–Crippen LogP) is 1.42. The Bertz CT molecular complexity index is 68.2. The standard InChI is InChI=1S/C3H3F4O/c4-1-2(8)3(5,6)7/h8H,1H2. The molecule has 0 aromatic carbocycles. The molecule has 0 bridgehead atoms. The lowest BCUT2D eigenvalue weighted by molar-refractivity contribution is -0.158. The highest BCUT2D eigenvalue weighted by molar-refractivity contribution is 4.83. The molecule has 8 heavy (non-hydrogen) atoms. The van der Waals surface area contributed by atoms with E-state index >= 15 is 0 Å². The Morgan fingerprint density at radius 1 is 1.38 bits per heavy atom. The second-order valence-corrected chi connectivity index (χ2v) is 1.08. The lowest BCUT2D eigenvalue weighted by atomic mass is 10.4. The van der Waals surface area contributed by atoms with E-state index in [1.807, 2.05) is 0 Å². The normalized spacial score (nSPS) is 12.8. The van der Waals surface area contributed by atoms with Crippen LogP contribution >= 0.6 is 0 Å². The van der Waals surface area contributed by atoms with Crippen molar-refractivity contribution in [3.8, 4) is 0 Å². The maximum Gasteiger partial charge on any atom is 0.423 e. The average molecular weight is 131 g/mol. The lowest BCUT2D eigenvalue weighted by Crippen LogP contribution is -2.21. The smallest absolute Gasteiger partial charge is 0.376 e. The van der Waals surface area contributed by atoms with Crippen molar-refractivity contribution in [3.05, 3.63) is 6.10 Å². The molecule has 0 aliphatic heterocycles. The molecule has 0 spiro atoms. The highest BCUT2D eigenvalue weighted by atomic mass is 19.4. The molecular formula is C3H3F4O. The van der Waals surface area contributed by atoms with Crippen molar-refractivity contribution < 1.29 is 22.7 Å². The van der Waals surface area contributed by atoms with Crippen molar-refractivity contribution in [3.63, 3.8) is 0 Å². The second kappa shape index (κ2) is 2.30. The van der Waals surface area contributed by atoms with Crippen molar-refractivity contribution in [1.29, 1.82) is 0 Å². The van der Waals surface area contributed by atoms with E-state index < -0.39 is 19.0 Å². The van der Waals surface area contributed by atoms with Gasteiger partial charge in [-0.2, -0.15) is 13.2 Å². The predicted molar refractivity (Wildman–Crippen MR) is 17.2 cm³/mol. The van der Waals surface area contributed by atoms with Gasteiger partial charge in [0.25, 0.3) is 0 Å². The maximum absolute atomic E-state index is 10.9. The van der Waals surface area contributed by atoms with Gasteiger partial charge < -0.3 is 5.11 Å². The van der Waals surface area contributed by atoms with Gasteiger partial charge in [-0.05, 0) is 0 Å². The number of alkyl halides is 4. The molecule has 0 rings (SSSR count). The number of hydrogen-bond donors (Lipinski definition) is 1. The van der Waals surface area contributed by atoms with Gasteiger partial charge in [-0.15, -0.1) is 0 Å². The van der Waals surface area contributed by atoms with Crippen LogP contribution in [0.3, 0.4) is 0 Å². The second-order valence-electron chi connectivity index (χ2n) is 1.08. The first kappa shape index (κ1) is 7.68. The molecule has 5 heteroatoms. The fourth-order valence-corrected chi connectivity index (χ4v) is 0.0758. The van der Waals surface area contributed by atoms with Crippen LogP contribution in [0.1, 0.15) is 0 Å².